The van der Waals surface area contributed by atoms with Crippen LogP contribution in [0.3, 0.4) is 0 Å². The normalized spacial score (nSPS) is 18.1. The Morgan fingerprint density at radius 1 is 1.43 bits per heavy atom. The van der Waals surface area contributed by atoms with Crippen molar-refractivity contribution in [1.82, 2.24) is 15.2 Å². The molecule has 1 unspecified atom stereocenters. The van der Waals surface area contributed by atoms with E-state index in [0.717, 1.165) is 28.1 Å². The largest absolute Gasteiger partial charge is 0.348 e. The molecule has 6 heteroatoms. The lowest BCUT2D eigenvalue weighted by molar-refractivity contribution is -0.136. The van der Waals surface area contributed by atoms with E-state index in [1.807, 2.05) is 24.3 Å². The minimum atomic E-state index is -0.322. The number of nitrogens with zero attached hydrogens (tertiary/aromatic N) is 2. The molecule has 1 fully saturated rings. The van der Waals surface area contributed by atoms with E-state index in [4.69, 9.17) is 0 Å². The summed E-state index contributed by atoms with van der Waals surface area (Å²) in [6.07, 6.45) is 1.63. The number of fused-ring (bicyclic) bond motifs is 1. The third-order valence-corrected chi connectivity index (χ3v) is 4.75. The van der Waals surface area contributed by atoms with Crippen molar-refractivity contribution in [1.29, 1.82) is 0 Å². The highest BCUT2D eigenvalue weighted by molar-refractivity contribution is 7.18. The molecule has 110 valence electrons. The molecule has 5 nitrogen and oxygen atoms in total. The zero-order valence-corrected chi connectivity index (χ0v) is 12.7. The number of thiazole rings is 1. The SMILES string of the molecule is CC(=O)N1CCCC1C(=O)NCc1nc2ccccc2s1. The highest BCUT2D eigenvalue weighted by Crippen LogP contribution is 2.22. The number of aromatic nitrogens is 1. The average Bonchev–Trinajstić information content (AvgIpc) is 3.10. The second-order valence-corrected chi connectivity index (χ2v) is 6.28. The van der Waals surface area contributed by atoms with Gasteiger partial charge in [0.05, 0.1) is 16.8 Å². The van der Waals surface area contributed by atoms with Crippen molar-refractivity contribution in [2.24, 2.45) is 0 Å². The molecule has 21 heavy (non-hydrogen) atoms. The van der Waals surface area contributed by atoms with Gasteiger partial charge in [0.1, 0.15) is 11.0 Å². The van der Waals surface area contributed by atoms with Gasteiger partial charge in [0.15, 0.2) is 0 Å². The Morgan fingerprint density at radius 3 is 3.00 bits per heavy atom. The Morgan fingerprint density at radius 2 is 2.24 bits per heavy atom. The molecule has 1 aromatic carbocycles. The number of rotatable bonds is 3. The fraction of sp³-hybridized carbons (Fsp3) is 0.400. The van der Waals surface area contributed by atoms with E-state index in [1.54, 1.807) is 16.2 Å². The standard InChI is InChI=1S/C15H17N3O2S/c1-10(19)18-8-4-6-12(18)15(20)16-9-14-17-11-5-2-3-7-13(11)21-14/h2-3,5,7,12H,4,6,8-9H2,1H3,(H,16,20). The van der Waals surface area contributed by atoms with Gasteiger partial charge in [-0.25, -0.2) is 4.98 Å². The van der Waals surface area contributed by atoms with Crippen LogP contribution in [0.4, 0.5) is 0 Å². The van der Waals surface area contributed by atoms with E-state index in [1.165, 1.54) is 6.92 Å². The van der Waals surface area contributed by atoms with Crippen LogP contribution in [0.2, 0.25) is 0 Å². The highest BCUT2D eigenvalue weighted by Gasteiger charge is 2.32. The molecule has 1 N–H and O–H groups in total. The van der Waals surface area contributed by atoms with Crippen LogP contribution in [0, 0.1) is 0 Å². The molecular formula is C15H17N3O2S. The number of carbonyl (C=O) groups excluding carboxylic acids is 2. The Balaban J connectivity index is 1.64. The van der Waals surface area contributed by atoms with Crippen molar-refractivity contribution in [3.8, 4) is 0 Å². The fourth-order valence-electron chi connectivity index (χ4n) is 2.69. The van der Waals surface area contributed by atoms with Gasteiger partial charge in [-0.05, 0) is 25.0 Å². The van der Waals surface area contributed by atoms with Crippen molar-refractivity contribution in [3.63, 3.8) is 0 Å². The summed E-state index contributed by atoms with van der Waals surface area (Å²) in [4.78, 5) is 29.8. The molecule has 0 radical (unpaired) electrons. The van der Waals surface area contributed by atoms with Gasteiger partial charge in [-0.3, -0.25) is 9.59 Å². The Hall–Kier alpha value is -1.95. The lowest BCUT2D eigenvalue weighted by Gasteiger charge is -2.22. The van der Waals surface area contributed by atoms with Crippen molar-refractivity contribution in [2.75, 3.05) is 6.54 Å². The summed E-state index contributed by atoms with van der Waals surface area (Å²) in [6, 6.07) is 7.59. The van der Waals surface area contributed by atoms with Crippen molar-refractivity contribution < 1.29 is 9.59 Å². The Labute approximate surface area is 127 Å². The Bertz CT molecular complexity index is 649. The van der Waals surface area contributed by atoms with E-state index in [0.29, 0.717) is 13.1 Å². The van der Waals surface area contributed by atoms with E-state index in [2.05, 4.69) is 10.3 Å². The molecule has 2 heterocycles. The topological polar surface area (TPSA) is 62.3 Å². The van der Waals surface area contributed by atoms with Crippen LogP contribution in [0.25, 0.3) is 10.2 Å². The number of nitrogens with one attached hydrogen (secondary N) is 1. The first-order valence-electron chi connectivity index (χ1n) is 7.04. The van der Waals surface area contributed by atoms with Crippen LogP contribution < -0.4 is 5.32 Å². The minimum absolute atomic E-state index is 0.0346. The molecule has 0 saturated carbocycles. The van der Waals surface area contributed by atoms with Gasteiger partial charge in [-0.15, -0.1) is 11.3 Å². The van der Waals surface area contributed by atoms with E-state index in [9.17, 15) is 9.59 Å². The lowest BCUT2D eigenvalue weighted by atomic mass is 10.2. The molecule has 1 atom stereocenters. The number of benzene rings is 1. The van der Waals surface area contributed by atoms with Gasteiger partial charge in [-0.1, -0.05) is 12.1 Å². The molecule has 0 aliphatic carbocycles. The monoisotopic (exact) mass is 303 g/mol. The average molecular weight is 303 g/mol. The van der Waals surface area contributed by atoms with E-state index in [-0.39, 0.29) is 17.9 Å². The van der Waals surface area contributed by atoms with Gasteiger partial charge >= 0.3 is 0 Å². The zero-order valence-electron chi connectivity index (χ0n) is 11.8. The molecule has 1 aliphatic heterocycles. The predicted octanol–water partition coefficient (Wildman–Crippen LogP) is 1.92. The second kappa shape index (κ2) is 5.81. The summed E-state index contributed by atoms with van der Waals surface area (Å²) < 4.78 is 1.12. The minimum Gasteiger partial charge on any atom is -0.348 e. The molecule has 2 amide bonds. The van der Waals surface area contributed by atoms with E-state index < -0.39 is 0 Å². The van der Waals surface area contributed by atoms with Crippen LogP contribution in [0.15, 0.2) is 24.3 Å². The van der Waals surface area contributed by atoms with Crippen LogP contribution in [-0.2, 0) is 16.1 Å². The maximum atomic E-state index is 12.2. The first-order valence-corrected chi connectivity index (χ1v) is 7.86. The number of hydrogen-bond acceptors (Lipinski definition) is 4. The van der Waals surface area contributed by atoms with Gasteiger partial charge in [0.25, 0.3) is 0 Å². The molecule has 1 aromatic heterocycles. The second-order valence-electron chi connectivity index (χ2n) is 5.16. The van der Waals surface area contributed by atoms with Crippen LogP contribution in [0.5, 0.6) is 0 Å². The maximum absolute atomic E-state index is 12.2. The molecular weight excluding hydrogens is 286 g/mol. The molecule has 1 saturated heterocycles. The number of hydrogen-bond donors (Lipinski definition) is 1. The van der Waals surface area contributed by atoms with E-state index >= 15 is 0 Å². The number of para-hydroxylation sites is 1. The van der Waals surface area contributed by atoms with Gasteiger partial charge < -0.3 is 10.2 Å². The summed E-state index contributed by atoms with van der Waals surface area (Å²) >= 11 is 1.58. The van der Waals surface area contributed by atoms with Crippen LogP contribution >= 0.6 is 11.3 Å². The number of amides is 2. The molecule has 2 aromatic rings. The Kier molecular flexibility index (Phi) is 3.88. The summed E-state index contributed by atoms with van der Waals surface area (Å²) in [5.74, 6) is -0.116. The first kappa shape index (κ1) is 14.0. The summed E-state index contributed by atoms with van der Waals surface area (Å²) in [7, 11) is 0. The summed E-state index contributed by atoms with van der Waals surface area (Å²) in [5, 5.41) is 3.79. The summed E-state index contributed by atoms with van der Waals surface area (Å²) in [6.45, 7) is 2.61. The third-order valence-electron chi connectivity index (χ3n) is 3.71. The summed E-state index contributed by atoms with van der Waals surface area (Å²) in [5.41, 5.74) is 0.956. The maximum Gasteiger partial charge on any atom is 0.243 e. The molecule has 0 bridgehead atoms. The zero-order chi connectivity index (χ0) is 14.8. The highest BCUT2D eigenvalue weighted by atomic mass is 32.1. The molecule has 0 spiro atoms. The van der Waals surface area contributed by atoms with Crippen molar-refractivity contribution >= 4 is 33.4 Å². The van der Waals surface area contributed by atoms with Crippen molar-refractivity contribution in [3.05, 3.63) is 29.3 Å². The molecule has 3 rings (SSSR count). The van der Waals surface area contributed by atoms with Gasteiger partial charge in [0.2, 0.25) is 11.8 Å². The first-order chi connectivity index (χ1) is 10.1. The van der Waals surface area contributed by atoms with Crippen molar-refractivity contribution in [2.45, 2.75) is 32.4 Å². The smallest absolute Gasteiger partial charge is 0.243 e. The predicted molar refractivity (Wildman–Crippen MR) is 81.9 cm³/mol. The fourth-order valence-corrected chi connectivity index (χ4v) is 3.60. The quantitative estimate of drug-likeness (QED) is 0.942. The number of likely N-dealkylation sites (tertiary alicyclic amines) is 1. The third kappa shape index (κ3) is 2.90. The van der Waals surface area contributed by atoms with Crippen LogP contribution in [0.1, 0.15) is 24.8 Å². The van der Waals surface area contributed by atoms with Crippen LogP contribution in [-0.4, -0.2) is 34.3 Å². The van der Waals surface area contributed by atoms with Gasteiger partial charge in [0, 0.05) is 13.5 Å². The number of carbonyl (C=O) groups is 2. The lowest BCUT2D eigenvalue weighted by Crippen LogP contribution is -2.44. The van der Waals surface area contributed by atoms with Gasteiger partial charge in [-0.2, -0.15) is 0 Å². The molecule has 1 aliphatic rings.